The molecule has 0 bridgehead atoms. The highest BCUT2D eigenvalue weighted by molar-refractivity contribution is 6.44. The summed E-state index contributed by atoms with van der Waals surface area (Å²) in [6.07, 6.45) is 3.21. The first-order valence-electron chi connectivity index (χ1n) is 3.82. The van der Waals surface area contributed by atoms with Crippen LogP contribution in [0.5, 0.6) is 0 Å². The molecule has 0 radical (unpaired) electrons. The van der Waals surface area contributed by atoms with Gasteiger partial charge in [0.1, 0.15) is 4.84 Å². The minimum atomic E-state index is -0.204. The van der Waals surface area contributed by atoms with Gasteiger partial charge in [0, 0.05) is 0 Å². The van der Waals surface area contributed by atoms with Crippen molar-refractivity contribution in [2.24, 2.45) is 5.41 Å². The van der Waals surface area contributed by atoms with Crippen LogP contribution in [-0.4, -0.2) is 4.84 Å². The second-order valence-electron chi connectivity index (χ2n) is 3.11. The predicted octanol–water partition coefficient (Wildman–Crippen LogP) is 4.01. The Labute approximate surface area is 73.9 Å². The van der Waals surface area contributed by atoms with Crippen LogP contribution in [0, 0.1) is 5.41 Å². The predicted molar refractivity (Wildman–Crippen MR) is 48.8 cm³/mol. The van der Waals surface area contributed by atoms with E-state index in [4.69, 9.17) is 23.2 Å². The second-order valence-corrected chi connectivity index (χ2v) is 4.39. The first-order chi connectivity index (χ1) is 4.54. The summed E-state index contributed by atoms with van der Waals surface area (Å²) in [6, 6.07) is 0. The second kappa shape index (κ2) is 4.46. The van der Waals surface area contributed by atoms with E-state index in [0.29, 0.717) is 5.41 Å². The molecule has 0 saturated carbocycles. The lowest BCUT2D eigenvalue weighted by Crippen LogP contribution is -2.16. The van der Waals surface area contributed by atoms with E-state index >= 15 is 0 Å². The maximum atomic E-state index is 5.69. The summed E-state index contributed by atoms with van der Waals surface area (Å²) in [4.78, 5) is -0.204. The minimum Gasteiger partial charge on any atom is -0.105 e. The molecule has 0 rings (SSSR count). The molecule has 0 amide bonds. The molecular formula is C8H16Cl2. The number of hydrogen-bond donors (Lipinski definition) is 0. The van der Waals surface area contributed by atoms with Crippen molar-refractivity contribution in [1.29, 1.82) is 0 Å². The summed E-state index contributed by atoms with van der Waals surface area (Å²) < 4.78 is 0. The summed E-state index contributed by atoms with van der Waals surface area (Å²) in [5, 5.41) is 0. The van der Waals surface area contributed by atoms with Crippen molar-refractivity contribution in [3.63, 3.8) is 0 Å². The van der Waals surface area contributed by atoms with Gasteiger partial charge >= 0.3 is 0 Å². The van der Waals surface area contributed by atoms with E-state index in [9.17, 15) is 0 Å². The quantitative estimate of drug-likeness (QED) is 0.577. The lowest BCUT2D eigenvalue weighted by atomic mass is 9.82. The topological polar surface area (TPSA) is 0 Å². The van der Waals surface area contributed by atoms with Gasteiger partial charge in [0.2, 0.25) is 0 Å². The van der Waals surface area contributed by atoms with Gasteiger partial charge in [0.25, 0.3) is 0 Å². The fourth-order valence-electron chi connectivity index (χ4n) is 0.911. The van der Waals surface area contributed by atoms with Crippen molar-refractivity contribution in [2.75, 3.05) is 0 Å². The molecule has 0 aliphatic rings. The van der Waals surface area contributed by atoms with E-state index in [2.05, 4.69) is 20.8 Å². The van der Waals surface area contributed by atoms with Crippen molar-refractivity contribution in [1.82, 2.24) is 0 Å². The smallest absolute Gasteiger partial charge is 0.105 e. The molecule has 0 atom stereocenters. The van der Waals surface area contributed by atoms with Gasteiger partial charge in [-0.15, -0.1) is 23.2 Å². The van der Waals surface area contributed by atoms with Crippen molar-refractivity contribution in [3.8, 4) is 0 Å². The molecule has 10 heavy (non-hydrogen) atoms. The molecule has 0 unspecified atom stereocenters. The summed E-state index contributed by atoms with van der Waals surface area (Å²) in [6.45, 7) is 6.59. The monoisotopic (exact) mass is 182 g/mol. The van der Waals surface area contributed by atoms with Gasteiger partial charge in [-0.05, 0) is 11.8 Å². The molecule has 62 valence electrons. The summed E-state index contributed by atoms with van der Waals surface area (Å²) >= 11 is 11.4. The molecule has 0 saturated heterocycles. The molecule has 0 aromatic carbocycles. The zero-order valence-electron chi connectivity index (χ0n) is 6.95. The van der Waals surface area contributed by atoms with E-state index in [0.717, 1.165) is 19.3 Å². The van der Waals surface area contributed by atoms with Gasteiger partial charge in [-0.2, -0.15) is 0 Å². The lowest BCUT2D eigenvalue weighted by molar-refractivity contribution is 0.282. The van der Waals surface area contributed by atoms with E-state index in [1.165, 1.54) is 0 Å². The molecule has 0 aromatic heterocycles. The molecule has 0 aliphatic heterocycles. The molecule has 0 aromatic rings. The molecule has 0 spiro atoms. The van der Waals surface area contributed by atoms with Crippen molar-refractivity contribution in [3.05, 3.63) is 0 Å². The highest BCUT2D eigenvalue weighted by Gasteiger charge is 2.22. The van der Waals surface area contributed by atoms with Crippen LogP contribution in [0.1, 0.15) is 40.0 Å². The summed E-state index contributed by atoms with van der Waals surface area (Å²) in [5.41, 5.74) is 0.341. The van der Waals surface area contributed by atoms with Crippen molar-refractivity contribution in [2.45, 2.75) is 44.9 Å². The zero-order valence-corrected chi connectivity index (χ0v) is 8.47. The van der Waals surface area contributed by atoms with Gasteiger partial charge in [-0.1, -0.05) is 33.6 Å². The van der Waals surface area contributed by atoms with Gasteiger partial charge in [0.05, 0.1) is 0 Å². The van der Waals surface area contributed by atoms with Crippen LogP contribution in [0.4, 0.5) is 0 Å². The van der Waals surface area contributed by atoms with Crippen LogP contribution in [0.15, 0.2) is 0 Å². The van der Waals surface area contributed by atoms with Crippen molar-refractivity contribution >= 4 is 23.2 Å². The highest BCUT2D eigenvalue weighted by Crippen LogP contribution is 2.33. The van der Waals surface area contributed by atoms with Crippen LogP contribution >= 0.6 is 23.2 Å². The molecular weight excluding hydrogens is 167 g/mol. The van der Waals surface area contributed by atoms with Crippen LogP contribution < -0.4 is 0 Å². The van der Waals surface area contributed by atoms with Gasteiger partial charge < -0.3 is 0 Å². The Bertz CT molecular complexity index is 85.3. The van der Waals surface area contributed by atoms with Gasteiger partial charge in [-0.3, -0.25) is 0 Å². The Morgan fingerprint density at radius 1 is 1.20 bits per heavy atom. The van der Waals surface area contributed by atoms with Crippen LogP contribution in [0.2, 0.25) is 0 Å². The SMILES string of the molecule is CCC(C)(CC)CC(Cl)Cl. The van der Waals surface area contributed by atoms with E-state index in [1.54, 1.807) is 0 Å². The average molecular weight is 183 g/mol. The number of rotatable bonds is 4. The Kier molecular flexibility index (Phi) is 4.71. The third-order valence-electron chi connectivity index (χ3n) is 2.35. The fourth-order valence-corrected chi connectivity index (χ4v) is 1.66. The molecule has 0 aliphatic carbocycles. The maximum absolute atomic E-state index is 5.69. The number of hydrogen-bond acceptors (Lipinski definition) is 0. The Morgan fingerprint density at radius 2 is 1.60 bits per heavy atom. The number of alkyl halides is 2. The molecule has 0 nitrogen and oxygen atoms in total. The van der Waals surface area contributed by atoms with Gasteiger partial charge in [0.15, 0.2) is 0 Å². The third kappa shape index (κ3) is 3.68. The zero-order chi connectivity index (χ0) is 8.20. The summed E-state index contributed by atoms with van der Waals surface area (Å²) in [5.74, 6) is 0. The number of halogens is 2. The first kappa shape index (κ1) is 10.6. The maximum Gasteiger partial charge on any atom is 0.108 e. The first-order valence-corrected chi connectivity index (χ1v) is 4.69. The standard InChI is InChI=1S/C8H16Cl2/c1-4-8(3,5-2)6-7(9)10/h7H,4-6H2,1-3H3. The fraction of sp³-hybridized carbons (Fsp3) is 1.00. The van der Waals surface area contributed by atoms with Crippen LogP contribution in [-0.2, 0) is 0 Å². The normalized spacial score (nSPS) is 12.6. The third-order valence-corrected chi connectivity index (χ3v) is 2.66. The Hall–Kier alpha value is 0.580. The van der Waals surface area contributed by atoms with Crippen LogP contribution in [0.3, 0.4) is 0 Å². The summed E-state index contributed by atoms with van der Waals surface area (Å²) in [7, 11) is 0. The van der Waals surface area contributed by atoms with E-state index in [1.807, 2.05) is 0 Å². The molecule has 2 heteroatoms. The lowest BCUT2D eigenvalue weighted by Gasteiger charge is -2.26. The molecule has 0 fully saturated rings. The van der Waals surface area contributed by atoms with Crippen molar-refractivity contribution < 1.29 is 0 Å². The Balaban J connectivity index is 3.80. The van der Waals surface area contributed by atoms with Crippen LogP contribution in [0.25, 0.3) is 0 Å². The largest absolute Gasteiger partial charge is 0.108 e. The minimum absolute atomic E-state index is 0.204. The highest BCUT2D eigenvalue weighted by atomic mass is 35.5. The van der Waals surface area contributed by atoms with Gasteiger partial charge in [-0.25, -0.2) is 0 Å². The molecule has 0 heterocycles. The van der Waals surface area contributed by atoms with E-state index in [-0.39, 0.29) is 4.84 Å². The van der Waals surface area contributed by atoms with E-state index < -0.39 is 0 Å². The molecule has 0 N–H and O–H groups in total. The average Bonchev–Trinajstić information content (AvgIpc) is 1.87. The Morgan fingerprint density at radius 3 is 1.70 bits per heavy atom.